The van der Waals surface area contributed by atoms with Gasteiger partial charge in [0.15, 0.2) is 6.29 Å². The minimum atomic E-state index is 0.424. The zero-order chi connectivity index (χ0) is 13.1. The van der Waals surface area contributed by atoms with Crippen LogP contribution >= 0.6 is 0 Å². The van der Waals surface area contributed by atoms with Gasteiger partial charge in [0.2, 0.25) is 0 Å². The van der Waals surface area contributed by atoms with Gasteiger partial charge in [0.05, 0.1) is 5.56 Å². The quantitative estimate of drug-likeness (QED) is 0.662. The number of hydrogen-bond donors (Lipinski definition) is 0. The van der Waals surface area contributed by atoms with E-state index in [0.717, 1.165) is 17.2 Å². The van der Waals surface area contributed by atoms with Crippen LogP contribution in [0, 0.1) is 0 Å². The first-order valence-corrected chi connectivity index (χ1v) is 6.01. The minimum Gasteiger partial charge on any atom is -0.460 e. The first-order valence-electron chi connectivity index (χ1n) is 6.01. The molecule has 3 aromatic rings. The summed E-state index contributed by atoms with van der Waals surface area (Å²) in [7, 11) is 0. The molecule has 2 aromatic carbocycles. The molecule has 0 bridgehead atoms. The van der Waals surface area contributed by atoms with Crippen LogP contribution in [0.5, 0.6) is 5.95 Å². The third-order valence-electron chi connectivity index (χ3n) is 2.90. The Morgan fingerprint density at radius 1 is 1.05 bits per heavy atom. The first kappa shape index (κ1) is 11.5. The van der Waals surface area contributed by atoms with Gasteiger partial charge in [-0.3, -0.25) is 4.79 Å². The van der Waals surface area contributed by atoms with Crippen molar-refractivity contribution >= 4 is 17.3 Å². The Morgan fingerprint density at radius 3 is 2.68 bits per heavy atom. The van der Waals surface area contributed by atoms with Gasteiger partial charge in [0.25, 0.3) is 5.95 Å². The number of rotatable bonds is 4. The van der Waals surface area contributed by atoms with Gasteiger partial charge in [0, 0.05) is 11.5 Å². The van der Waals surface area contributed by atoms with E-state index < -0.39 is 0 Å². The summed E-state index contributed by atoms with van der Waals surface area (Å²) in [5, 5.41) is 0.868. The number of furan rings is 1. The Hall–Kier alpha value is -2.55. The lowest BCUT2D eigenvalue weighted by Gasteiger charge is -2.01. The van der Waals surface area contributed by atoms with Gasteiger partial charge in [-0.2, -0.15) is 0 Å². The molecular formula is C16H12O3. The minimum absolute atomic E-state index is 0.424. The van der Waals surface area contributed by atoms with Gasteiger partial charge in [-0.05, 0) is 11.6 Å². The molecule has 0 unspecified atom stereocenters. The number of ether oxygens (including phenoxy) is 1. The number of aldehydes is 1. The summed E-state index contributed by atoms with van der Waals surface area (Å²) in [5.74, 6) is 0.424. The maximum absolute atomic E-state index is 10.9. The van der Waals surface area contributed by atoms with E-state index in [9.17, 15) is 4.79 Å². The van der Waals surface area contributed by atoms with E-state index >= 15 is 0 Å². The summed E-state index contributed by atoms with van der Waals surface area (Å²) >= 11 is 0. The second-order valence-electron chi connectivity index (χ2n) is 4.22. The maximum atomic E-state index is 10.9. The first-order chi connectivity index (χ1) is 9.36. The molecule has 0 aliphatic rings. The Labute approximate surface area is 110 Å². The van der Waals surface area contributed by atoms with Crippen LogP contribution in [0.25, 0.3) is 11.0 Å². The lowest BCUT2D eigenvalue weighted by Crippen LogP contribution is -1.93. The lowest BCUT2D eigenvalue weighted by molar-refractivity contribution is 0.112. The molecule has 94 valence electrons. The zero-order valence-corrected chi connectivity index (χ0v) is 10.2. The van der Waals surface area contributed by atoms with E-state index in [2.05, 4.69) is 0 Å². The second kappa shape index (κ2) is 4.98. The van der Waals surface area contributed by atoms with E-state index in [1.165, 1.54) is 0 Å². The van der Waals surface area contributed by atoms with Gasteiger partial charge in [-0.15, -0.1) is 0 Å². The van der Waals surface area contributed by atoms with Crippen LogP contribution in [-0.4, -0.2) is 6.29 Å². The number of fused-ring (bicyclic) bond motifs is 1. The van der Waals surface area contributed by atoms with Crippen LogP contribution in [0.15, 0.2) is 59.0 Å². The van der Waals surface area contributed by atoms with Crippen LogP contribution in [0.2, 0.25) is 0 Å². The highest BCUT2D eigenvalue weighted by Gasteiger charge is 2.08. The number of hydrogen-bond acceptors (Lipinski definition) is 3. The van der Waals surface area contributed by atoms with Crippen molar-refractivity contribution in [3.8, 4) is 5.95 Å². The number of benzene rings is 2. The third-order valence-corrected chi connectivity index (χ3v) is 2.90. The molecule has 3 rings (SSSR count). The predicted molar refractivity (Wildman–Crippen MR) is 72.4 cm³/mol. The molecule has 3 nitrogen and oxygen atoms in total. The van der Waals surface area contributed by atoms with Crippen molar-refractivity contribution in [2.24, 2.45) is 0 Å². The molecule has 0 spiro atoms. The molecule has 1 aromatic heterocycles. The van der Waals surface area contributed by atoms with Crippen LogP contribution in [0.4, 0.5) is 0 Å². The van der Waals surface area contributed by atoms with E-state index in [4.69, 9.17) is 9.15 Å². The molecule has 1 heterocycles. The van der Waals surface area contributed by atoms with Crippen LogP contribution in [-0.2, 0) is 6.61 Å². The average Bonchev–Trinajstić information content (AvgIpc) is 2.89. The van der Waals surface area contributed by atoms with Gasteiger partial charge in [0.1, 0.15) is 12.2 Å². The normalized spacial score (nSPS) is 10.5. The topological polar surface area (TPSA) is 39.4 Å². The average molecular weight is 252 g/mol. The van der Waals surface area contributed by atoms with Gasteiger partial charge >= 0.3 is 0 Å². The highest BCUT2D eigenvalue weighted by molar-refractivity contribution is 5.95. The van der Waals surface area contributed by atoms with Crippen LogP contribution in [0.3, 0.4) is 0 Å². The molecule has 0 radical (unpaired) electrons. The van der Waals surface area contributed by atoms with E-state index in [0.29, 0.717) is 23.7 Å². The van der Waals surface area contributed by atoms with Crippen LogP contribution < -0.4 is 4.74 Å². The van der Waals surface area contributed by atoms with Crippen molar-refractivity contribution in [2.45, 2.75) is 6.61 Å². The van der Waals surface area contributed by atoms with Crippen molar-refractivity contribution in [1.29, 1.82) is 0 Å². The molecule has 0 aliphatic carbocycles. The highest BCUT2D eigenvalue weighted by atomic mass is 16.6. The molecule has 0 fully saturated rings. The summed E-state index contributed by atoms with van der Waals surface area (Å²) in [6, 6.07) is 17.1. The summed E-state index contributed by atoms with van der Waals surface area (Å²) in [6.07, 6.45) is 0.785. The summed E-state index contributed by atoms with van der Waals surface area (Å²) in [5.41, 5.74) is 2.17. The molecule has 0 amide bonds. The Balaban J connectivity index is 1.84. The van der Waals surface area contributed by atoms with Gasteiger partial charge < -0.3 is 9.15 Å². The molecule has 0 atom stereocenters. The number of carbonyl (C=O) groups is 1. The maximum Gasteiger partial charge on any atom is 0.285 e. The van der Waals surface area contributed by atoms with E-state index in [1.807, 2.05) is 42.5 Å². The molecule has 0 N–H and O–H groups in total. The molecule has 19 heavy (non-hydrogen) atoms. The molecule has 0 aliphatic heterocycles. The largest absolute Gasteiger partial charge is 0.460 e. The lowest BCUT2D eigenvalue weighted by atomic mass is 10.2. The Kier molecular flexibility index (Phi) is 3.02. The van der Waals surface area contributed by atoms with E-state index in [-0.39, 0.29) is 0 Å². The van der Waals surface area contributed by atoms with Gasteiger partial charge in [-0.25, -0.2) is 0 Å². The molecule has 0 saturated heterocycles. The smallest absolute Gasteiger partial charge is 0.285 e. The van der Waals surface area contributed by atoms with Crippen LogP contribution in [0.1, 0.15) is 15.9 Å². The SMILES string of the molecule is O=Cc1cccc2cc(OCc3ccccc3)oc12. The zero-order valence-electron chi connectivity index (χ0n) is 10.2. The molecular weight excluding hydrogens is 240 g/mol. The fourth-order valence-corrected chi connectivity index (χ4v) is 1.95. The fourth-order valence-electron chi connectivity index (χ4n) is 1.95. The third kappa shape index (κ3) is 2.36. The summed E-state index contributed by atoms with van der Waals surface area (Å²) in [6.45, 7) is 0.442. The number of carbonyl (C=O) groups excluding carboxylic acids is 1. The van der Waals surface area contributed by atoms with Crippen molar-refractivity contribution in [3.63, 3.8) is 0 Å². The van der Waals surface area contributed by atoms with Gasteiger partial charge in [-0.1, -0.05) is 42.5 Å². The standard InChI is InChI=1S/C16H12O3/c17-10-14-8-4-7-13-9-15(19-16(13)14)18-11-12-5-2-1-3-6-12/h1-10H,11H2. The second-order valence-corrected chi connectivity index (χ2v) is 4.22. The molecule has 0 saturated carbocycles. The van der Waals surface area contributed by atoms with Crippen molar-refractivity contribution in [2.75, 3.05) is 0 Å². The highest BCUT2D eigenvalue weighted by Crippen LogP contribution is 2.27. The number of para-hydroxylation sites is 1. The fraction of sp³-hybridized carbons (Fsp3) is 0.0625. The Bertz CT molecular complexity index is 698. The summed E-state index contributed by atoms with van der Waals surface area (Å²) in [4.78, 5) is 10.9. The monoisotopic (exact) mass is 252 g/mol. The Morgan fingerprint density at radius 2 is 1.89 bits per heavy atom. The van der Waals surface area contributed by atoms with E-state index in [1.54, 1.807) is 12.1 Å². The molecule has 3 heteroatoms. The van der Waals surface area contributed by atoms with Crippen molar-refractivity contribution in [3.05, 3.63) is 65.7 Å². The van der Waals surface area contributed by atoms with Crippen molar-refractivity contribution < 1.29 is 13.9 Å². The predicted octanol–water partition coefficient (Wildman–Crippen LogP) is 3.82. The summed E-state index contributed by atoms with van der Waals surface area (Å²) < 4.78 is 11.2. The van der Waals surface area contributed by atoms with Crippen molar-refractivity contribution in [1.82, 2.24) is 0 Å².